The lowest BCUT2D eigenvalue weighted by Crippen LogP contribution is -2.23. The van der Waals surface area contributed by atoms with Crippen LogP contribution in [0.4, 0.5) is 5.82 Å². The quantitative estimate of drug-likeness (QED) is 0.857. The summed E-state index contributed by atoms with van der Waals surface area (Å²) in [7, 11) is 0. The van der Waals surface area contributed by atoms with Crippen molar-refractivity contribution in [1.82, 2.24) is 4.98 Å². The second-order valence-corrected chi connectivity index (χ2v) is 5.80. The molecule has 86 valence electrons. The molecule has 2 aliphatic rings. The molecule has 1 aromatic heterocycles. The molecular formula is C12H15BrN2O. The monoisotopic (exact) mass is 282 g/mol. The van der Waals surface area contributed by atoms with Gasteiger partial charge in [-0.1, -0.05) is 0 Å². The van der Waals surface area contributed by atoms with Gasteiger partial charge in [0.15, 0.2) is 0 Å². The lowest BCUT2D eigenvalue weighted by atomic mass is 10.0. The standard InChI is InChI=1S/C12H15BrN2O/c13-10-1-2-12(14-5-10)15-6-8-3-11(16)4-9(8)7-15/h1-2,5,8-9,11,16H,3-4,6-7H2/t8-,9-/m0/s1. The summed E-state index contributed by atoms with van der Waals surface area (Å²) < 4.78 is 1.02. The van der Waals surface area contributed by atoms with Gasteiger partial charge in [0.1, 0.15) is 5.82 Å². The van der Waals surface area contributed by atoms with Gasteiger partial charge in [-0.2, -0.15) is 0 Å². The highest BCUT2D eigenvalue weighted by molar-refractivity contribution is 9.10. The number of aromatic nitrogens is 1. The molecule has 1 aliphatic carbocycles. The fourth-order valence-electron chi connectivity index (χ4n) is 3.01. The van der Waals surface area contributed by atoms with E-state index in [-0.39, 0.29) is 6.10 Å². The van der Waals surface area contributed by atoms with Crippen molar-refractivity contribution in [3.8, 4) is 0 Å². The van der Waals surface area contributed by atoms with E-state index in [1.54, 1.807) is 0 Å². The van der Waals surface area contributed by atoms with Crippen LogP contribution >= 0.6 is 15.9 Å². The molecule has 3 nitrogen and oxygen atoms in total. The highest BCUT2D eigenvalue weighted by Crippen LogP contribution is 2.39. The van der Waals surface area contributed by atoms with E-state index in [0.29, 0.717) is 11.8 Å². The van der Waals surface area contributed by atoms with Crippen LogP contribution in [0.1, 0.15) is 12.8 Å². The molecule has 1 aliphatic heterocycles. The Balaban J connectivity index is 1.73. The topological polar surface area (TPSA) is 36.4 Å². The van der Waals surface area contributed by atoms with Gasteiger partial charge in [0.05, 0.1) is 6.10 Å². The highest BCUT2D eigenvalue weighted by Gasteiger charge is 2.40. The molecule has 0 unspecified atom stereocenters. The van der Waals surface area contributed by atoms with Crippen molar-refractivity contribution in [2.24, 2.45) is 11.8 Å². The van der Waals surface area contributed by atoms with E-state index in [9.17, 15) is 5.11 Å². The predicted octanol–water partition coefficient (Wildman–Crippen LogP) is 2.05. The minimum atomic E-state index is -0.0602. The minimum absolute atomic E-state index is 0.0602. The van der Waals surface area contributed by atoms with E-state index in [1.807, 2.05) is 12.3 Å². The Hall–Kier alpha value is -0.610. The van der Waals surface area contributed by atoms with Crippen molar-refractivity contribution in [1.29, 1.82) is 0 Å². The largest absolute Gasteiger partial charge is 0.393 e. The molecule has 2 heterocycles. The third-order valence-electron chi connectivity index (χ3n) is 3.76. The van der Waals surface area contributed by atoms with Gasteiger partial charge in [-0.05, 0) is 52.7 Å². The second-order valence-electron chi connectivity index (χ2n) is 4.88. The van der Waals surface area contributed by atoms with E-state index in [2.05, 4.69) is 31.9 Å². The molecule has 0 radical (unpaired) electrons. The number of aliphatic hydroxyl groups excluding tert-OH is 1. The van der Waals surface area contributed by atoms with Gasteiger partial charge < -0.3 is 10.0 Å². The number of halogens is 1. The molecule has 16 heavy (non-hydrogen) atoms. The van der Waals surface area contributed by atoms with Crippen LogP contribution in [0.15, 0.2) is 22.8 Å². The zero-order valence-corrected chi connectivity index (χ0v) is 10.6. The van der Waals surface area contributed by atoms with Crippen molar-refractivity contribution in [2.75, 3.05) is 18.0 Å². The smallest absolute Gasteiger partial charge is 0.128 e. The Kier molecular flexibility index (Phi) is 2.64. The van der Waals surface area contributed by atoms with Crippen molar-refractivity contribution in [2.45, 2.75) is 18.9 Å². The van der Waals surface area contributed by atoms with Crippen LogP contribution in [0.3, 0.4) is 0 Å². The number of fused-ring (bicyclic) bond motifs is 1. The summed E-state index contributed by atoms with van der Waals surface area (Å²) in [4.78, 5) is 6.76. The molecule has 2 atom stereocenters. The molecular weight excluding hydrogens is 268 g/mol. The molecule has 0 aromatic carbocycles. The van der Waals surface area contributed by atoms with E-state index in [0.717, 1.165) is 36.2 Å². The molecule has 0 bridgehead atoms. The molecule has 1 N–H and O–H groups in total. The first-order chi connectivity index (χ1) is 7.72. The molecule has 2 fully saturated rings. The summed E-state index contributed by atoms with van der Waals surface area (Å²) in [5, 5.41) is 9.59. The summed E-state index contributed by atoms with van der Waals surface area (Å²) >= 11 is 3.40. The van der Waals surface area contributed by atoms with E-state index in [1.165, 1.54) is 0 Å². The number of anilines is 1. The Labute approximate surface area is 104 Å². The molecule has 1 saturated heterocycles. The molecule has 1 aromatic rings. The fraction of sp³-hybridized carbons (Fsp3) is 0.583. The van der Waals surface area contributed by atoms with Gasteiger partial charge >= 0.3 is 0 Å². The van der Waals surface area contributed by atoms with Crippen LogP contribution < -0.4 is 4.90 Å². The minimum Gasteiger partial charge on any atom is -0.393 e. The summed E-state index contributed by atoms with van der Waals surface area (Å²) in [6, 6.07) is 4.09. The van der Waals surface area contributed by atoms with Crippen molar-refractivity contribution < 1.29 is 5.11 Å². The first kappa shape index (κ1) is 10.5. The van der Waals surface area contributed by atoms with Gasteiger partial charge in [0, 0.05) is 23.8 Å². The Bertz CT molecular complexity index is 367. The fourth-order valence-corrected chi connectivity index (χ4v) is 3.24. The van der Waals surface area contributed by atoms with Crippen LogP contribution in [0, 0.1) is 11.8 Å². The zero-order valence-electron chi connectivity index (χ0n) is 9.01. The molecule has 0 spiro atoms. The maximum absolute atomic E-state index is 9.59. The van der Waals surface area contributed by atoms with E-state index < -0.39 is 0 Å². The van der Waals surface area contributed by atoms with Crippen LogP contribution in [0.25, 0.3) is 0 Å². The summed E-state index contributed by atoms with van der Waals surface area (Å²) in [6.07, 6.45) is 3.73. The van der Waals surface area contributed by atoms with Crippen LogP contribution in [-0.4, -0.2) is 29.3 Å². The second kappa shape index (κ2) is 4.00. The van der Waals surface area contributed by atoms with E-state index >= 15 is 0 Å². The SMILES string of the molecule is OC1C[C@H]2CN(c3ccc(Br)cn3)C[C@@H]2C1. The lowest BCUT2D eigenvalue weighted by molar-refractivity contribution is 0.174. The van der Waals surface area contributed by atoms with Gasteiger partial charge in [0.25, 0.3) is 0 Å². The third-order valence-corrected chi connectivity index (χ3v) is 4.23. The zero-order chi connectivity index (χ0) is 11.1. The van der Waals surface area contributed by atoms with Crippen molar-refractivity contribution in [3.63, 3.8) is 0 Å². The Morgan fingerprint density at radius 1 is 1.25 bits per heavy atom. The normalized spacial score (nSPS) is 29.8. The summed E-state index contributed by atoms with van der Waals surface area (Å²) in [6.45, 7) is 2.10. The Morgan fingerprint density at radius 2 is 1.94 bits per heavy atom. The number of pyridine rings is 1. The van der Waals surface area contributed by atoms with E-state index in [4.69, 9.17) is 0 Å². The number of rotatable bonds is 1. The van der Waals surface area contributed by atoms with Crippen molar-refractivity contribution in [3.05, 3.63) is 22.8 Å². The van der Waals surface area contributed by atoms with Crippen molar-refractivity contribution >= 4 is 21.7 Å². The van der Waals surface area contributed by atoms with Gasteiger partial charge in [-0.3, -0.25) is 0 Å². The summed E-state index contributed by atoms with van der Waals surface area (Å²) in [5.41, 5.74) is 0. The van der Waals surface area contributed by atoms with Crippen LogP contribution in [0.5, 0.6) is 0 Å². The van der Waals surface area contributed by atoms with Gasteiger partial charge in [-0.25, -0.2) is 4.98 Å². The molecule has 3 rings (SSSR count). The Morgan fingerprint density at radius 3 is 2.50 bits per heavy atom. The molecule has 4 heteroatoms. The first-order valence-corrected chi connectivity index (χ1v) is 6.56. The van der Waals surface area contributed by atoms with Gasteiger partial charge in [-0.15, -0.1) is 0 Å². The summed E-state index contributed by atoms with van der Waals surface area (Å²) in [5.74, 6) is 2.40. The number of aliphatic hydroxyl groups is 1. The maximum Gasteiger partial charge on any atom is 0.128 e. The van der Waals surface area contributed by atoms with Gasteiger partial charge in [0.2, 0.25) is 0 Å². The maximum atomic E-state index is 9.59. The van der Waals surface area contributed by atoms with Crippen LogP contribution in [-0.2, 0) is 0 Å². The number of hydrogen-bond acceptors (Lipinski definition) is 3. The lowest BCUT2D eigenvalue weighted by Gasteiger charge is -2.18. The third kappa shape index (κ3) is 1.84. The number of hydrogen-bond donors (Lipinski definition) is 1. The highest BCUT2D eigenvalue weighted by atomic mass is 79.9. The molecule has 0 amide bonds. The first-order valence-electron chi connectivity index (χ1n) is 5.77. The molecule has 1 saturated carbocycles. The predicted molar refractivity (Wildman–Crippen MR) is 66.4 cm³/mol. The average molecular weight is 283 g/mol. The average Bonchev–Trinajstić information content (AvgIpc) is 2.75. The number of nitrogens with zero attached hydrogens (tertiary/aromatic N) is 2. The van der Waals surface area contributed by atoms with Crippen LogP contribution in [0.2, 0.25) is 0 Å².